The standard InChI is InChI=1S/C18H19NO2/c1-19(2)17-11-9-16(10-12-17)15-7-4-14(5-8-15)6-13-18(20)21-3/h4-13H,1-3H3/b13-6+. The van der Waals surface area contributed by atoms with Gasteiger partial charge in [0.1, 0.15) is 0 Å². The fourth-order valence-electron chi connectivity index (χ4n) is 1.97. The largest absolute Gasteiger partial charge is 0.466 e. The number of methoxy groups -OCH3 is 1. The molecule has 2 aromatic carbocycles. The van der Waals surface area contributed by atoms with Gasteiger partial charge >= 0.3 is 5.97 Å². The average Bonchev–Trinajstić information content (AvgIpc) is 2.53. The molecule has 0 unspecified atom stereocenters. The number of carbonyl (C=O) groups is 1. The van der Waals surface area contributed by atoms with Crippen LogP contribution >= 0.6 is 0 Å². The molecule has 2 aromatic rings. The number of esters is 1. The molecular formula is C18H19NO2. The number of rotatable bonds is 4. The molecule has 0 heterocycles. The summed E-state index contributed by atoms with van der Waals surface area (Å²) in [6.07, 6.45) is 3.16. The van der Waals surface area contributed by atoms with Crippen molar-refractivity contribution in [3.8, 4) is 11.1 Å². The predicted octanol–water partition coefficient (Wildman–Crippen LogP) is 3.61. The van der Waals surface area contributed by atoms with E-state index in [0.29, 0.717) is 0 Å². The number of hydrogen-bond donors (Lipinski definition) is 0. The van der Waals surface area contributed by atoms with Crippen molar-refractivity contribution in [3.05, 3.63) is 60.2 Å². The molecule has 0 spiro atoms. The normalized spacial score (nSPS) is 10.6. The number of ether oxygens (including phenoxy) is 1. The first-order valence-electron chi connectivity index (χ1n) is 6.74. The molecule has 0 bridgehead atoms. The quantitative estimate of drug-likeness (QED) is 0.633. The van der Waals surface area contributed by atoms with Gasteiger partial charge in [-0.1, -0.05) is 36.4 Å². The molecule has 2 rings (SSSR count). The highest BCUT2D eigenvalue weighted by Crippen LogP contribution is 2.23. The van der Waals surface area contributed by atoms with E-state index in [1.165, 1.54) is 24.4 Å². The van der Waals surface area contributed by atoms with Crippen LogP contribution in [0, 0.1) is 0 Å². The lowest BCUT2D eigenvalue weighted by Gasteiger charge is -2.12. The Morgan fingerprint density at radius 3 is 1.95 bits per heavy atom. The van der Waals surface area contributed by atoms with Gasteiger partial charge in [-0.2, -0.15) is 0 Å². The summed E-state index contributed by atoms with van der Waals surface area (Å²) in [6, 6.07) is 16.5. The van der Waals surface area contributed by atoms with E-state index in [9.17, 15) is 4.79 Å². The van der Waals surface area contributed by atoms with Crippen LogP contribution in [0.15, 0.2) is 54.6 Å². The first-order valence-corrected chi connectivity index (χ1v) is 6.74. The van der Waals surface area contributed by atoms with Crippen LogP contribution in [0.1, 0.15) is 5.56 Å². The number of benzene rings is 2. The average molecular weight is 281 g/mol. The zero-order chi connectivity index (χ0) is 15.2. The van der Waals surface area contributed by atoms with Crippen molar-refractivity contribution in [2.45, 2.75) is 0 Å². The van der Waals surface area contributed by atoms with Crippen LogP contribution in [0.25, 0.3) is 17.2 Å². The minimum Gasteiger partial charge on any atom is -0.466 e. The molecule has 3 nitrogen and oxygen atoms in total. The molecule has 3 heteroatoms. The first kappa shape index (κ1) is 14.9. The third kappa shape index (κ3) is 3.96. The lowest BCUT2D eigenvalue weighted by atomic mass is 10.0. The van der Waals surface area contributed by atoms with Crippen LogP contribution in [0.3, 0.4) is 0 Å². The van der Waals surface area contributed by atoms with Gasteiger partial charge in [0.25, 0.3) is 0 Å². The van der Waals surface area contributed by atoms with Crippen LogP contribution in [-0.2, 0) is 9.53 Å². The van der Waals surface area contributed by atoms with E-state index in [4.69, 9.17) is 0 Å². The summed E-state index contributed by atoms with van der Waals surface area (Å²) in [6.45, 7) is 0. The Labute approximate surface area is 125 Å². The lowest BCUT2D eigenvalue weighted by Crippen LogP contribution is -2.07. The summed E-state index contributed by atoms with van der Waals surface area (Å²) in [4.78, 5) is 13.1. The summed E-state index contributed by atoms with van der Waals surface area (Å²) < 4.78 is 4.57. The zero-order valence-electron chi connectivity index (χ0n) is 12.5. The highest BCUT2D eigenvalue weighted by molar-refractivity contribution is 5.87. The zero-order valence-corrected chi connectivity index (χ0v) is 12.5. The minimum atomic E-state index is -0.349. The van der Waals surface area contributed by atoms with Crippen molar-refractivity contribution in [1.29, 1.82) is 0 Å². The van der Waals surface area contributed by atoms with Crippen LogP contribution in [-0.4, -0.2) is 27.2 Å². The number of hydrogen-bond acceptors (Lipinski definition) is 3. The second-order valence-corrected chi connectivity index (χ2v) is 4.92. The SMILES string of the molecule is COC(=O)/C=C/c1ccc(-c2ccc(N(C)C)cc2)cc1. The molecule has 0 aliphatic heterocycles. The van der Waals surface area contributed by atoms with Gasteiger partial charge in [-0.3, -0.25) is 0 Å². The monoisotopic (exact) mass is 281 g/mol. The van der Waals surface area contributed by atoms with E-state index in [0.717, 1.165) is 11.1 Å². The fourth-order valence-corrected chi connectivity index (χ4v) is 1.97. The van der Waals surface area contributed by atoms with Crippen LogP contribution in [0.4, 0.5) is 5.69 Å². The molecule has 0 aliphatic carbocycles. The van der Waals surface area contributed by atoms with E-state index in [2.05, 4.69) is 33.9 Å². The van der Waals surface area contributed by atoms with E-state index in [1.807, 2.05) is 38.4 Å². The van der Waals surface area contributed by atoms with Gasteiger partial charge in [0, 0.05) is 25.9 Å². The maximum atomic E-state index is 11.0. The Balaban J connectivity index is 2.15. The minimum absolute atomic E-state index is 0.349. The smallest absolute Gasteiger partial charge is 0.330 e. The van der Waals surface area contributed by atoms with Crippen molar-refractivity contribution in [1.82, 2.24) is 0 Å². The highest BCUT2D eigenvalue weighted by Gasteiger charge is 1.99. The number of nitrogens with zero attached hydrogens (tertiary/aromatic N) is 1. The van der Waals surface area contributed by atoms with E-state index >= 15 is 0 Å². The molecule has 108 valence electrons. The van der Waals surface area contributed by atoms with Crippen LogP contribution < -0.4 is 4.90 Å². The first-order chi connectivity index (χ1) is 10.1. The molecule has 0 N–H and O–H groups in total. The van der Waals surface area contributed by atoms with Crippen molar-refractivity contribution in [2.24, 2.45) is 0 Å². The Morgan fingerprint density at radius 2 is 1.48 bits per heavy atom. The predicted molar refractivity (Wildman–Crippen MR) is 87.3 cm³/mol. The number of anilines is 1. The van der Waals surface area contributed by atoms with Gasteiger partial charge in [-0.05, 0) is 34.9 Å². The van der Waals surface area contributed by atoms with Crippen molar-refractivity contribution >= 4 is 17.7 Å². The maximum absolute atomic E-state index is 11.0. The molecule has 0 radical (unpaired) electrons. The third-order valence-corrected chi connectivity index (χ3v) is 3.24. The molecule has 0 aliphatic rings. The Hall–Kier alpha value is -2.55. The summed E-state index contributed by atoms with van der Waals surface area (Å²) in [5, 5.41) is 0. The van der Waals surface area contributed by atoms with Gasteiger partial charge < -0.3 is 9.64 Å². The molecule has 21 heavy (non-hydrogen) atoms. The number of carbonyl (C=O) groups excluding carboxylic acids is 1. The van der Waals surface area contributed by atoms with Gasteiger partial charge in [0.2, 0.25) is 0 Å². The molecular weight excluding hydrogens is 262 g/mol. The van der Waals surface area contributed by atoms with Gasteiger partial charge in [-0.25, -0.2) is 4.79 Å². The Kier molecular flexibility index (Phi) is 4.77. The topological polar surface area (TPSA) is 29.5 Å². The second kappa shape index (κ2) is 6.75. The molecule has 0 fully saturated rings. The Bertz CT molecular complexity index is 625. The molecule has 0 aromatic heterocycles. The summed E-state index contributed by atoms with van der Waals surface area (Å²) in [5.41, 5.74) is 4.46. The van der Waals surface area contributed by atoms with Gasteiger partial charge in [0.15, 0.2) is 0 Å². The fraction of sp³-hybridized carbons (Fsp3) is 0.167. The van der Waals surface area contributed by atoms with Gasteiger partial charge in [0.05, 0.1) is 7.11 Å². The molecule has 0 saturated carbocycles. The van der Waals surface area contributed by atoms with E-state index in [-0.39, 0.29) is 5.97 Å². The van der Waals surface area contributed by atoms with Crippen molar-refractivity contribution in [2.75, 3.05) is 26.1 Å². The van der Waals surface area contributed by atoms with E-state index in [1.54, 1.807) is 6.08 Å². The van der Waals surface area contributed by atoms with Crippen LogP contribution in [0.2, 0.25) is 0 Å². The summed E-state index contributed by atoms with van der Waals surface area (Å²) in [7, 11) is 5.42. The van der Waals surface area contributed by atoms with Crippen molar-refractivity contribution in [3.63, 3.8) is 0 Å². The van der Waals surface area contributed by atoms with E-state index < -0.39 is 0 Å². The molecule has 0 atom stereocenters. The lowest BCUT2D eigenvalue weighted by molar-refractivity contribution is -0.134. The third-order valence-electron chi connectivity index (χ3n) is 3.24. The van der Waals surface area contributed by atoms with Crippen molar-refractivity contribution < 1.29 is 9.53 Å². The highest BCUT2D eigenvalue weighted by atomic mass is 16.5. The summed E-state index contributed by atoms with van der Waals surface area (Å²) >= 11 is 0. The van der Waals surface area contributed by atoms with Crippen LogP contribution in [0.5, 0.6) is 0 Å². The second-order valence-electron chi connectivity index (χ2n) is 4.92. The summed E-state index contributed by atoms with van der Waals surface area (Å²) in [5.74, 6) is -0.349. The maximum Gasteiger partial charge on any atom is 0.330 e. The molecule has 0 saturated heterocycles. The Morgan fingerprint density at radius 1 is 0.952 bits per heavy atom. The molecule has 0 amide bonds. The van der Waals surface area contributed by atoms with Gasteiger partial charge in [-0.15, -0.1) is 0 Å².